The Morgan fingerprint density at radius 2 is 1.63 bits per heavy atom. The van der Waals surface area contributed by atoms with E-state index in [9.17, 15) is 24.3 Å². The summed E-state index contributed by atoms with van der Waals surface area (Å²) in [5, 5.41) is 9.41. The summed E-state index contributed by atoms with van der Waals surface area (Å²) in [5.74, 6) is -4.60. The third kappa shape index (κ3) is 4.38. The van der Waals surface area contributed by atoms with E-state index in [0.29, 0.717) is 29.9 Å². The minimum Gasteiger partial charge on any atom is -0.493 e. The molecule has 0 radical (unpaired) electrons. The number of β-lactam (4-membered cyclic amide) rings is 1. The fourth-order valence-electron chi connectivity index (χ4n) is 5.35. The number of Topliss-reactive ketones (excluding diaryl/α,β-unsaturated/α-hetero) is 1. The van der Waals surface area contributed by atoms with Crippen molar-refractivity contribution in [3.8, 4) is 11.5 Å². The summed E-state index contributed by atoms with van der Waals surface area (Å²) < 4.78 is 17.2. The molecule has 2 amide bonds. The molecular formula is C25H35NO8Si. The van der Waals surface area contributed by atoms with Gasteiger partial charge in [-0.3, -0.25) is 19.3 Å². The Hall–Kier alpha value is -2.72. The molecule has 3 rings (SSSR count). The number of likely N-dealkylation sites (tertiary alicyclic amines) is 1. The van der Waals surface area contributed by atoms with Crippen LogP contribution in [0.5, 0.6) is 11.5 Å². The van der Waals surface area contributed by atoms with E-state index in [0.717, 1.165) is 10.5 Å². The van der Waals surface area contributed by atoms with Crippen LogP contribution in [0.25, 0.3) is 0 Å². The van der Waals surface area contributed by atoms with Crippen molar-refractivity contribution in [2.24, 2.45) is 17.3 Å². The summed E-state index contributed by atoms with van der Waals surface area (Å²) >= 11 is 0. The molecule has 10 heteroatoms. The molecule has 1 heterocycles. The number of carboxylic acids is 1. The number of carbonyl (C=O) groups is 4. The molecule has 1 aliphatic heterocycles. The SMILES string of the molecule is COc1cc2c(cc1OC)C(=O)[C@@H]([C@@H]1[C@@H]([C@@](C)(O[SiH](C)C)C(C)(C)C)C(=O)N1C(=O)C(=O)O)CC2. The summed E-state index contributed by atoms with van der Waals surface area (Å²) in [4.78, 5) is 52.1. The van der Waals surface area contributed by atoms with E-state index < -0.39 is 55.7 Å². The summed E-state index contributed by atoms with van der Waals surface area (Å²) in [6.45, 7) is 11.7. The van der Waals surface area contributed by atoms with E-state index in [1.54, 1.807) is 12.1 Å². The monoisotopic (exact) mass is 505 g/mol. The van der Waals surface area contributed by atoms with Crippen LogP contribution in [0.2, 0.25) is 13.1 Å². The molecule has 0 unspecified atom stereocenters. The lowest BCUT2D eigenvalue weighted by atomic mass is 9.59. The van der Waals surface area contributed by atoms with Crippen LogP contribution in [0.1, 0.15) is 50.0 Å². The van der Waals surface area contributed by atoms with Crippen LogP contribution in [-0.4, -0.2) is 68.5 Å². The maximum Gasteiger partial charge on any atom is 0.395 e. The lowest BCUT2D eigenvalue weighted by Gasteiger charge is -2.59. The number of imide groups is 1. The largest absolute Gasteiger partial charge is 0.493 e. The number of nitrogens with zero attached hydrogens (tertiary/aromatic N) is 1. The Morgan fingerprint density at radius 1 is 1.06 bits per heavy atom. The second-order valence-electron chi connectivity index (χ2n) is 10.7. The summed E-state index contributed by atoms with van der Waals surface area (Å²) in [6, 6.07) is 2.46. The fourth-order valence-corrected chi connectivity index (χ4v) is 6.83. The number of benzene rings is 1. The minimum atomic E-state index is -1.73. The Kier molecular flexibility index (Phi) is 7.20. The van der Waals surface area contributed by atoms with Crippen molar-refractivity contribution in [2.45, 2.75) is 65.3 Å². The molecule has 0 bridgehead atoms. The van der Waals surface area contributed by atoms with Gasteiger partial charge in [0.15, 0.2) is 26.3 Å². The van der Waals surface area contributed by atoms with Crippen LogP contribution in [0, 0.1) is 17.3 Å². The average Bonchev–Trinajstić information content (AvgIpc) is 2.75. The van der Waals surface area contributed by atoms with Gasteiger partial charge in [0, 0.05) is 11.5 Å². The van der Waals surface area contributed by atoms with Gasteiger partial charge in [-0.15, -0.1) is 0 Å². The first-order valence-electron chi connectivity index (χ1n) is 11.8. The summed E-state index contributed by atoms with van der Waals surface area (Å²) in [5.41, 5.74) is -0.307. The van der Waals surface area contributed by atoms with Crippen LogP contribution in [0.3, 0.4) is 0 Å². The first-order valence-corrected chi connectivity index (χ1v) is 14.5. The molecule has 2 aliphatic rings. The van der Waals surface area contributed by atoms with Gasteiger partial charge in [-0.1, -0.05) is 20.8 Å². The summed E-state index contributed by atoms with van der Waals surface area (Å²) in [7, 11) is 1.32. The first-order chi connectivity index (χ1) is 16.2. The van der Waals surface area contributed by atoms with Crippen LogP contribution < -0.4 is 9.47 Å². The first kappa shape index (κ1) is 26.9. The minimum absolute atomic E-state index is 0.254. The highest BCUT2D eigenvalue weighted by Gasteiger charge is 2.66. The predicted molar refractivity (Wildman–Crippen MR) is 130 cm³/mol. The highest BCUT2D eigenvalue weighted by molar-refractivity contribution is 6.48. The van der Waals surface area contributed by atoms with Crippen molar-refractivity contribution in [3.05, 3.63) is 23.3 Å². The number of hydrogen-bond acceptors (Lipinski definition) is 7. The van der Waals surface area contributed by atoms with E-state index in [2.05, 4.69) is 0 Å². The molecule has 0 aromatic heterocycles. The maximum absolute atomic E-state index is 13.8. The Balaban J connectivity index is 2.12. The number of aryl methyl sites for hydroxylation is 1. The Morgan fingerprint density at radius 3 is 2.11 bits per heavy atom. The smallest absolute Gasteiger partial charge is 0.395 e. The number of carboxylic acid groups (broad SMARTS) is 1. The zero-order valence-corrected chi connectivity index (χ0v) is 22.8. The molecule has 1 aliphatic carbocycles. The number of aliphatic carboxylic acids is 1. The van der Waals surface area contributed by atoms with Gasteiger partial charge in [-0.25, -0.2) is 4.79 Å². The maximum atomic E-state index is 13.8. The quantitative estimate of drug-likeness (QED) is 0.356. The molecule has 1 N–H and O–H groups in total. The number of ether oxygens (including phenoxy) is 2. The predicted octanol–water partition coefficient (Wildman–Crippen LogP) is 2.69. The molecule has 1 aromatic carbocycles. The third-order valence-electron chi connectivity index (χ3n) is 7.46. The lowest BCUT2D eigenvalue weighted by Crippen LogP contribution is -2.76. The zero-order valence-electron chi connectivity index (χ0n) is 21.6. The molecule has 1 saturated heterocycles. The van der Waals surface area contributed by atoms with Crippen molar-refractivity contribution in [1.29, 1.82) is 0 Å². The lowest BCUT2D eigenvalue weighted by molar-refractivity contribution is -0.196. The highest BCUT2D eigenvalue weighted by Crippen LogP contribution is 2.51. The van der Waals surface area contributed by atoms with Crippen LogP contribution in [0.15, 0.2) is 12.1 Å². The van der Waals surface area contributed by atoms with Gasteiger partial charge < -0.3 is 19.0 Å². The molecular weight excluding hydrogens is 470 g/mol. The Bertz CT molecular complexity index is 1060. The topological polar surface area (TPSA) is 119 Å². The normalized spacial score (nSPS) is 23.9. The summed E-state index contributed by atoms with van der Waals surface area (Å²) in [6.07, 6.45) is 0.864. The second-order valence-corrected chi connectivity index (χ2v) is 13.0. The van der Waals surface area contributed by atoms with Crippen LogP contribution >= 0.6 is 0 Å². The molecule has 35 heavy (non-hydrogen) atoms. The standard InChI is InChI=1S/C25H35NO8Si/c1-24(2,3)25(4,34-35(7)8)18-19(26(21(18)28)22(29)23(30)31)14-10-9-13-11-16(32-5)17(33-6)12-15(13)20(14)27/h11-12,14,18-19,35H,9-10H2,1-8H3,(H,30,31)/t14-,18-,19-,25-/m1/s1. The molecule has 0 saturated carbocycles. The molecule has 192 valence electrons. The number of rotatable bonds is 6. The highest BCUT2D eigenvalue weighted by atomic mass is 28.3. The van der Waals surface area contributed by atoms with Gasteiger partial charge in [0.2, 0.25) is 5.91 Å². The number of ketones is 1. The van der Waals surface area contributed by atoms with Crippen molar-refractivity contribution >= 4 is 32.6 Å². The van der Waals surface area contributed by atoms with Gasteiger partial charge in [-0.2, -0.15) is 0 Å². The molecule has 9 nitrogen and oxygen atoms in total. The molecule has 1 fully saturated rings. The van der Waals surface area contributed by atoms with E-state index >= 15 is 0 Å². The van der Waals surface area contributed by atoms with Gasteiger partial charge in [-0.05, 0) is 56.0 Å². The second kappa shape index (κ2) is 9.38. The van der Waals surface area contributed by atoms with E-state index in [4.69, 9.17) is 13.9 Å². The van der Waals surface area contributed by atoms with Crippen molar-refractivity contribution in [2.75, 3.05) is 14.2 Å². The van der Waals surface area contributed by atoms with Gasteiger partial charge in [0.1, 0.15) is 0 Å². The van der Waals surface area contributed by atoms with Crippen molar-refractivity contribution in [1.82, 2.24) is 4.90 Å². The van der Waals surface area contributed by atoms with Gasteiger partial charge >= 0.3 is 11.9 Å². The number of fused-ring (bicyclic) bond motifs is 1. The van der Waals surface area contributed by atoms with E-state index in [-0.39, 0.29) is 5.78 Å². The average molecular weight is 506 g/mol. The van der Waals surface area contributed by atoms with Gasteiger partial charge in [0.05, 0.1) is 31.8 Å². The number of amides is 2. The van der Waals surface area contributed by atoms with Crippen molar-refractivity contribution < 1.29 is 38.2 Å². The van der Waals surface area contributed by atoms with E-state index in [1.807, 2.05) is 40.8 Å². The number of hydrogen-bond donors (Lipinski definition) is 1. The molecule has 0 spiro atoms. The molecule has 1 aromatic rings. The van der Waals surface area contributed by atoms with E-state index in [1.165, 1.54) is 14.2 Å². The van der Waals surface area contributed by atoms with Crippen LogP contribution in [-0.2, 0) is 25.2 Å². The molecule has 4 atom stereocenters. The van der Waals surface area contributed by atoms with Gasteiger partial charge in [0.25, 0.3) is 0 Å². The van der Waals surface area contributed by atoms with Crippen molar-refractivity contribution in [3.63, 3.8) is 0 Å². The van der Waals surface area contributed by atoms with Crippen LogP contribution in [0.4, 0.5) is 0 Å². The Labute approximate surface area is 207 Å². The third-order valence-corrected chi connectivity index (χ3v) is 8.42. The zero-order chi connectivity index (χ0) is 26.5. The number of methoxy groups -OCH3 is 2. The fraction of sp³-hybridized carbons (Fsp3) is 0.600. The number of carbonyl (C=O) groups excluding carboxylic acids is 3.